The predicted octanol–water partition coefficient (Wildman–Crippen LogP) is 3.22. The first-order valence-corrected chi connectivity index (χ1v) is 10.4. The molecule has 1 saturated heterocycles. The molecular weight excluding hydrogens is 376 g/mol. The highest BCUT2D eigenvalue weighted by Crippen LogP contribution is 2.40. The molecule has 7 nitrogen and oxygen atoms in total. The Balaban J connectivity index is 1.36. The molecule has 7 heteroatoms. The van der Waals surface area contributed by atoms with E-state index in [-0.39, 0.29) is 5.75 Å². The molecular formula is C23H24N6O. The quantitative estimate of drug-likeness (QED) is 0.538. The van der Waals surface area contributed by atoms with Gasteiger partial charge in [0.25, 0.3) is 0 Å². The summed E-state index contributed by atoms with van der Waals surface area (Å²) < 4.78 is 1.74. The number of anilines is 1. The molecule has 1 saturated carbocycles. The Morgan fingerprint density at radius 2 is 2.00 bits per heavy atom. The maximum atomic E-state index is 10.5. The number of hydrogen-bond donors (Lipinski definition) is 2. The average Bonchev–Trinajstić information content (AvgIpc) is 3.35. The summed E-state index contributed by atoms with van der Waals surface area (Å²) in [6.07, 6.45) is 6.30. The SMILES string of the molecule is C[C@@H]1CN(c2ccc3nc(-c4cc5cn(C)nc5cc4O)ncc3c2)CC2(CC2)N1. The van der Waals surface area contributed by atoms with E-state index in [0.29, 0.717) is 23.0 Å². The average molecular weight is 400 g/mol. The van der Waals surface area contributed by atoms with Gasteiger partial charge in [-0.2, -0.15) is 5.10 Å². The molecule has 0 amide bonds. The fraction of sp³-hybridized carbons (Fsp3) is 0.348. The summed E-state index contributed by atoms with van der Waals surface area (Å²) in [6.45, 7) is 4.32. The molecule has 2 aromatic heterocycles. The first-order valence-electron chi connectivity index (χ1n) is 10.4. The van der Waals surface area contributed by atoms with Gasteiger partial charge in [0.2, 0.25) is 0 Å². The number of nitrogens with zero attached hydrogens (tertiary/aromatic N) is 5. The zero-order valence-electron chi connectivity index (χ0n) is 17.1. The third-order valence-electron chi connectivity index (χ3n) is 6.30. The van der Waals surface area contributed by atoms with Crippen LogP contribution >= 0.6 is 0 Å². The van der Waals surface area contributed by atoms with Crippen LogP contribution in [0.2, 0.25) is 0 Å². The molecule has 2 N–H and O–H groups in total. The van der Waals surface area contributed by atoms with Gasteiger partial charge in [-0.3, -0.25) is 4.68 Å². The summed E-state index contributed by atoms with van der Waals surface area (Å²) in [7, 11) is 1.87. The van der Waals surface area contributed by atoms with Crippen LogP contribution in [0.15, 0.2) is 42.7 Å². The molecule has 0 radical (unpaired) electrons. The zero-order valence-corrected chi connectivity index (χ0v) is 17.1. The Labute approximate surface area is 174 Å². The number of fused-ring (bicyclic) bond motifs is 2. The van der Waals surface area contributed by atoms with Crippen LogP contribution in [0.25, 0.3) is 33.2 Å². The number of phenols is 1. The Morgan fingerprint density at radius 1 is 1.13 bits per heavy atom. The Hall–Kier alpha value is -3.19. The van der Waals surface area contributed by atoms with Gasteiger partial charge in [0, 0.05) is 66.6 Å². The lowest BCUT2D eigenvalue weighted by Gasteiger charge is -2.39. The molecule has 1 aliphatic heterocycles. The van der Waals surface area contributed by atoms with Gasteiger partial charge < -0.3 is 15.3 Å². The van der Waals surface area contributed by atoms with E-state index >= 15 is 0 Å². The number of aromatic hydroxyl groups is 1. The van der Waals surface area contributed by atoms with Crippen LogP contribution in [0.1, 0.15) is 19.8 Å². The summed E-state index contributed by atoms with van der Waals surface area (Å²) in [6, 6.07) is 10.4. The van der Waals surface area contributed by atoms with E-state index in [1.54, 1.807) is 10.7 Å². The van der Waals surface area contributed by atoms with E-state index in [9.17, 15) is 5.11 Å². The van der Waals surface area contributed by atoms with Gasteiger partial charge in [0.1, 0.15) is 5.75 Å². The van der Waals surface area contributed by atoms with E-state index in [4.69, 9.17) is 4.98 Å². The van der Waals surface area contributed by atoms with Crippen molar-refractivity contribution in [2.75, 3.05) is 18.0 Å². The van der Waals surface area contributed by atoms with Crippen molar-refractivity contribution in [3.63, 3.8) is 0 Å². The number of piperazine rings is 1. The Morgan fingerprint density at radius 3 is 2.83 bits per heavy atom. The lowest BCUT2D eigenvalue weighted by Crippen LogP contribution is -2.57. The van der Waals surface area contributed by atoms with Gasteiger partial charge in [-0.05, 0) is 44.0 Å². The maximum Gasteiger partial charge on any atom is 0.163 e. The highest BCUT2D eigenvalue weighted by Gasteiger charge is 2.47. The second-order valence-corrected chi connectivity index (χ2v) is 8.87. The van der Waals surface area contributed by atoms with Crippen LogP contribution in [-0.2, 0) is 7.05 Å². The van der Waals surface area contributed by atoms with Gasteiger partial charge in [-0.1, -0.05) is 0 Å². The van der Waals surface area contributed by atoms with E-state index in [1.807, 2.05) is 25.5 Å². The van der Waals surface area contributed by atoms with Gasteiger partial charge in [0.05, 0.1) is 16.6 Å². The predicted molar refractivity (Wildman–Crippen MR) is 118 cm³/mol. The van der Waals surface area contributed by atoms with E-state index in [2.05, 4.69) is 45.4 Å². The van der Waals surface area contributed by atoms with Crippen LogP contribution in [0.4, 0.5) is 5.69 Å². The fourth-order valence-corrected chi connectivity index (χ4v) is 4.73. The van der Waals surface area contributed by atoms with Crippen molar-refractivity contribution in [1.29, 1.82) is 0 Å². The molecule has 152 valence electrons. The van der Waals surface area contributed by atoms with Crippen molar-refractivity contribution in [3.05, 3.63) is 42.7 Å². The minimum Gasteiger partial charge on any atom is -0.507 e. The number of benzene rings is 2. The molecule has 2 aromatic carbocycles. The maximum absolute atomic E-state index is 10.5. The monoisotopic (exact) mass is 400 g/mol. The van der Waals surface area contributed by atoms with Crippen LogP contribution in [0.5, 0.6) is 5.75 Å². The van der Waals surface area contributed by atoms with Crippen molar-refractivity contribution in [3.8, 4) is 17.1 Å². The summed E-state index contributed by atoms with van der Waals surface area (Å²) in [5.41, 5.74) is 3.78. The number of nitrogens with one attached hydrogen (secondary N) is 1. The second-order valence-electron chi connectivity index (χ2n) is 8.87. The normalized spacial score (nSPS) is 20.3. The highest BCUT2D eigenvalue weighted by atomic mass is 16.3. The fourth-order valence-electron chi connectivity index (χ4n) is 4.73. The van der Waals surface area contributed by atoms with Crippen molar-refractivity contribution < 1.29 is 5.11 Å². The number of rotatable bonds is 2. The van der Waals surface area contributed by atoms with E-state index < -0.39 is 0 Å². The van der Waals surface area contributed by atoms with Crippen molar-refractivity contribution >= 4 is 27.5 Å². The van der Waals surface area contributed by atoms with Gasteiger partial charge in [-0.25, -0.2) is 9.97 Å². The summed E-state index contributed by atoms with van der Waals surface area (Å²) >= 11 is 0. The lowest BCUT2D eigenvalue weighted by molar-refractivity contribution is 0.372. The topological polar surface area (TPSA) is 79.1 Å². The third-order valence-corrected chi connectivity index (χ3v) is 6.30. The number of phenolic OH excluding ortho intramolecular Hbond substituents is 1. The molecule has 1 spiro atoms. The minimum absolute atomic E-state index is 0.140. The molecule has 4 aromatic rings. The van der Waals surface area contributed by atoms with Crippen LogP contribution in [0, 0.1) is 0 Å². The summed E-state index contributed by atoms with van der Waals surface area (Å²) in [4.78, 5) is 11.8. The van der Waals surface area contributed by atoms with E-state index in [0.717, 1.165) is 34.9 Å². The molecule has 0 unspecified atom stereocenters. The molecule has 6 rings (SSSR count). The minimum atomic E-state index is 0.140. The molecule has 3 heterocycles. The lowest BCUT2D eigenvalue weighted by atomic mass is 10.1. The van der Waals surface area contributed by atoms with Gasteiger partial charge in [0.15, 0.2) is 5.82 Å². The number of hydrogen-bond acceptors (Lipinski definition) is 6. The molecule has 0 bridgehead atoms. The third kappa shape index (κ3) is 2.89. The molecule has 30 heavy (non-hydrogen) atoms. The largest absolute Gasteiger partial charge is 0.507 e. The van der Waals surface area contributed by atoms with Crippen LogP contribution in [0.3, 0.4) is 0 Å². The first kappa shape index (κ1) is 17.7. The number of aromatic nitrogens is 4. The van der Waals surface area contributed by atoms with Gasteiger partial charge >= 0.3 is 0 Å². The Kier molecular flexibility index (Phi) is 3.62. The Bertz CT molecular complexity index is 1290. The van der Waals surface area contributed by atoms with Crippen molar-refractivity contribution in [2.45, 2.75) is 31.3 Å². The molecule has 2 aliphatic rings. The zero-order chi connectivity index (χ0) is 20.5. The summed E-state index contributed by atoms with van der Waals surface area (Å²) in [5, 5.41) is 20.5. The smallest absolute Gasteiger partial charge is 0.163 e. The second kappa shape index (κ2) is 6.15. The van der Waals surface area contributed by atoms with Crippen LogP contribution in [-0.4, -0.2) is 49.5 Å². The molecule has 1 atom stereocenters. The standard InChI is InChI=1S/C23H24N6O/c1-14-11-29(13-23(26-14)5-6-23)17-3-4-19-15(7-17)10-24-22(25-19)18-8-16-12-28(2)27-20(16)9-21(18)30/h3-4,7-10,12,14,26,30H,5-6,11,13H2,1-2H3/t14-/m1/s1. The highest BCUT2D eigenvalue weighted by molar-refractivity contribution is 5.88. The number of aryl methyl sites for hydroxylation is 1. The molecule has 2 fully saturated rings. The van der Waals surface area contributed by atoms with Gasteiger partial charge in [-0.15, -0.1) is 0 Å². The summed E-state index contributed by atoms with van der Waals surface area (Å²) in [5.74, 6) is 0.660. The molecule has 1 aliphatic carbocycles. The van der Waals surface area contributed by atoms with E-state index in [1.165, 1.54) is 18.5 Å². The van der Waals surface area contributed by atoms with Crippen LogP contribution < -0.4 is 10.2 Å². The van der Waals surface area contributed by atoms with Crippen molar-refractivity contribution in [2.24, 2.45) is 7.05 Å². The van der Waals surface area contributed by atoms with Crippen molar-refractivity contribution in [1.82, 2.24) is 25.1 Å². The first-order chi connectivity index (χ1) is 14.5.